The summed E-state index contributed by atoms with van der Waals surface area (Å²) < 4.78 is 4.17. The molecule has 0 amide bonds. The Kier molecular flexibility index (Phi) is 14.7. The van der Waals surface area contributed by atoms with Gasteiger partial charge < -0.3 is 9.67 Å². The van der Waals surface area contributed by atoms with Crippen LogP contribution >= 0.6 is 0 Å². The third-order valence-corrected chi connectivity index (χ3v) is 9.22. The zero-order valence-corrected chi connectivity index (χ0v) is 32.8. The number of hydrogen-bond donors (Lipinski definition) is 1. The molecular weight excluding hydrogens is 781 g/mol. The van der Waals surface area contributed by atoms with Crippen molar-refractivity contribution >= 4 is 16.6 Å². The van der Waals surface area contributed by atoms with Crippen molar-refractivity contribution in [3.63, 3.8) is 0 Å². The normalized spacial score (nSPS) is 11.7. The molecule has 0 aliphatic carbocycles. The number of aliphatic hydroxyl groups excluding tert-OH is 1. The summed E-state index contributed by atoms with van der Waals surface area (Å²) in [4.78, 5) is 11.7. The predicted octanol–water partition coefficient (Wildman–Crippen LogP) is 10.0. The number of aliphatic hydroxyl groups is 1. The van der Waals surface area contributed by atoms with Crippen LogP contribution in [-0.4, -0.2) is 10.9 Å². The van der Waals surface area contributed by atoms with Crippen LogP contribution in [0.3, 0.4) is 0 Å². The van der Waals surface area contributed by atoms with Crippen LogP contribution < -0.4 is 9.13 Å². The number of aromatic nitrogens is 2. The molecule has 0 fully saturated rings. The topological polar surface area (TPSA) is 45.1 Å². The standard InChI is InChI=1S/C31H28N2.C13H24O2.Ir/c1-31(2,3)29-21-27(20-26-12-8-9-13-28(26)29)33-19-18-32(4)30(22-33)25-16-14-24(15-17-25)23-10-6-5-7-11-23;1-5-10(6-2)12(14)9-13(15)11(7-3)8-4;/h5-18,21-22H,1-4H3;9-11,14H,5-8H2,1-4H3;/b;12-9-;. The van der Waals surface area contributed by atoms with Crippen LogP contribution in [0.25, 0.3) is 38.8 Å². The van der Waals surface area contributed by atoms with E-state index in [0.717, 1.165) is 48.0 Å². The van der Waals surface area contributed by atoms with Gasteiger partial charge >= 0.3 is 0 Å². The van der Waals surface area contributed by atoms with Crippen molar-refractivity contribution in [2.24, 2.45) is 18.9 Å². The molecular formula is C44H52IrN2O2. The van der Waals surface area contributed by atoms with Crippen molar-refractivity contribution in [3.8, 4) is 28.1 Å². The van der Waals surface area contributed by atoms with E-state index in [0.29, 0.717) is 0 Å². The van der Waals surface area contributed by atoms with E-state index in [1.54, 1.807) is 0 Å². The van der Waals surface area contributed by atoms with E-state index in [-0.39, 0.29) is 48.9 Å². The first-order chi connectivity index (χ1) is 23.0. The molecule has 0 saturated carbocycles. The maximum absolute atomic E-state index is 11.7. The quantitative estimate of drug-likeness (QED) is 0.0660. The molecule has 1 heterocycles. The minimum absolute atomic E-state index is 0. The Bertz CT molecular complexity index is 1830. The largest absolute Gasteiger partial charge is 0.512 e. The molecule has 0 aliphatic rings. The van der Waals surface area contributed by atoms with Gasteiger partial charge in [0.05, 0.1) is 5.76 Å². The maximum atomic E-state index is 11.7. The summed E-state index contributed by atoms with van der Waals surface area (Å²) in [7, 11) is 2.06. The zero-order chi connectivity index (χ0) is 34.8. The second-order valence-corrected chi connectivity index (χ2v) is 13.6. The number of aryl methyl sites for hydroxylation is 1. The average molecular weight is 833 g/mol. The third-order valence-electron chi connectivity index (χ3n) is 9.22. The molecule has 1 radical (unpaired) electrons. The summed E-state index contributed by atoms with van der Waals surface area (Å²) in [6.07, 6.45) is 12.4. The number of ketones is 1. The van der Waals surface area contributed by atoms with Crippen LogP contribution in [0.1, 0.15) is 79.7 Å². The number of hydrogen-bond acceptors (Lipinski definition) is 2. The summed E-state index contributed by atoms with van der Waals surface area (Å²) in [5, 5.41) is 12.1. The van der Waals surface area contributed by atoms with Gasteiger partial charge in [0.2, 0.25) is 5.69 Å². The predicted molar refractivity (Wildman–Crippen MR) is 198 cm³/mol. The van der Waals surface area contributed by atoms with Gasteiger partial charge in [0, 0.05) is 49.3 Å². The number of fused-ring (bicyclic) bond motifs is 1. The molecule has 0 aliphatic heterocycles. The molecule has 0 unspecified atom stereocenters. The Morgan fingerprint density at radius 3 is 1.94 bits per heavy atom. The first-order valence-electron chi connectivity index (χ1n) is 17.4. The van der Waals surface area contributed by atoms with Gasteiger partial charge in [-0.1, -0.05) is 103 Å². The zero-order valence-electron chi connectivity index (χ0n) is 30.4. The Hall–Kier alpha value is -3.92. The number of nitrogens with zero attached hydrogens (tertiary/aromatic N) is 2. The number of benzene rings is 4. The molecule has 1 aromatic heterocycles. The van der Waals surface area contributed by atoms with E-state index < -0.39 is 0 Å². The number of rotatable bonds is 10. The molecule has 0 bridgehead atoms. The van der Waals surface area contributed by atoms with Crippen molar-refractivity contribution in [2.75, 3.05) is 0 Å². The Labute approximate surface area is 307 Å². The molecule has 4 aromatic carbocycles. The van der Waals surface area contributed by atoms with Gasteiger partial charge in [-0.25, -0.2) is 4.57 Å². The summed E-state index contributed by atoms with van der Waals surface area (Å²) in [5.41, 5.74) is 7.07. The van der Waals surface area contributed by atoms with Crippen molar-refractivity contribution < 1.29 is 39.1 Å². The van der Waals surface area contributed by atoms with Crippen LogP contribution in [0.15, 0.2) is 109 Å². The molecule has 5 heteroatoms. The minimum atomic E-state index is 0. The molecule has 0 saturated heterocycles. The summed E-state index contributed by atoms with van der Waals surface area (Å²) in [6.45, 7) is 14.9. The molecule has 5 rings (SSSR count). The number of carbonyl (C=O) groups excluding carboxylic acids is 1. The molecule has 0 atom stereocenters. The smallest absolute Gasteiger partial charge is 0.220 e. The van der Waals surface area contributed by atoms with Crippen LogP contribution in [0, 0.1) is 24.1 Å². The van der Waals surface area contributed by atoms with Gasteiger partial charge in [-0.05, 0) is 54.4 Å². The van der Waals surface area contributed by atoms with Gasteiger partial charge in [-0.15, -0.1) is 40.6 Å². The molecule has 4 nitrogen and oxygen atoms in total. The fourth-order valence-electron chi connectivity index (χ4n) is 6.10. The van der Waals surface area contributed by atoms with Crippen LogP contribution in [-0.2, 0) is 37.4 Å². The Balaban J connectivity index is 0.000000347. The molecule has 49 heavy (non-hydrogen) atoms. The van der Waals surface area contributed by atoms with E-state index >= 15 is 0 Å². The van der Waals surface area contributed by atoms with Gasteiger partial charge in [0.25, 0.3) is 0 Å². The monoisotopic (exact) mass is 833 g/mol. The van der Waals surface area contributed by atoms with Gasteiger partial charge in [-0.3, -0.25) is 4.79 Å². The van der Waals surface area contributed by atoms with E-state index in [1.807, 2.05) is 40.0 Å². The average Bonchev–Trinajstić information content (AvgIpc) is 3.09. The third kappa shape index (κ3) is 10.1. The van der Waals surface area contributed by atoms with Crippen LogP contribution in [0.4, 0.5) is 0 Å². The minimum Gasteiger partial charge on any atom is -0.512 e. The van der Waals surface area contributed by atoms with Crippen molar-refractivity contribution in [1.82, 2.24) is 0 Å². The van der Waals surface area contributed by atoms with E-state index in [1.165, 1.54) is 28.2 Å². The number of carbonyl (C=O) groups is 1. The fourth-order valence-corrected chi connectivity index (χ4v) is 6.10. The Morgan fingerprint density at radius 1 is 0.796 bits per heavy atom. The molecule has 1 N–H and O–H groups in total. The first-order valence-corrected chi connectivity index (χ1v) is 17.4. The van der Waals surface area contributed by atoms with E-state index in [4.69, 9.17) is 0 Å². The molecule has 0 spiro atoms. The summed E-state index contributed by atoms with van der Waals surface area (Å²) >= 11 is 0. The van der Waals surface area contributed by atoms with Gasteiger partial charge in [0.1, 0.15) is 13.2 Å². The SMILES string of the molecule is CCC(CC)C(=O)/C=C(\O)C(CC)CC.C[n+]1c[c-][n+](-c2[c-]c3ccccc3c(C(C)(C)C)c2)cc1-c1ccc(-c2ccccc2)cc1.[Ir]. The van der Waals surface area contributed by atoms with E-state index in [2.05, 4.69) is 134 Å². The first kappa shape index (κ1) is 39.5. The summed E-state index contributed by atoms with van der Waals surface area (Å²) in [5.74, 6) is 0.547. The second-order valence-electron chi connectivity index (χ2n) is 13.6. The number of allylic oxidation sites excluding steroid dienone is 2. The molecule has 5 aromatic rings. The van der Waals surface area contributed by atoms with Gasteiger partial charge in [-0.2, -0.15) is 0 Å². The van der Waals surface area contributed by atoms with Gasteiger partial charge in [0.15, 0.2) is 18.2 Å². The van der Waals surface area contributed by atoms with Crippen molar-refractivity contribution in [1.29, 1.82) is 0 Å². The van der Waals surface area contributed by atoms with Crippen LogP contribution in [0.2, 0.25) is 0 Å². The summed E-state index contributed by atoms with van der Waals surface area (Å²) in [6, 6.07) is 33.6. The van der Waals surface area contributed by atoms with Crippen molar-refractivity contribution in [3.05, 3.63) is 127 Å². The second kappa shape index (κ2) is 18.2. The molecule has 259 valence electrons. The fraction of sp³-hybridized carbons (Fsp3) is 0.341. The van der Waals surface area contributed by atoms with E-state index in [9.17, 15) is 9.90 Å². The van der Waals surface area contributed by atoms with Crippen molar-refractivity contribution in [2.45, 2.75) is 79.6 Å². The Morgan fingerprint density at radius 2 is 1.35 bits per heavy atom. The maximum Gasteiger partial charge on any atom is 0.220 e. The van der Waals surface area contributed by atoms with Crippen LogP contribution in [0.5, 0.6) is 0 Å².